The van der Waals surface area contributed by atoms with Crippen molar-refractivity contribution in [2.45, 2.75) is 32.9 Å². The number of rotatable bonds is 7. The van der Waals surface area contributed by atoms with Crippen LogP contribution >= 0.6 is 27.7 Å². The first-order chi connectivity index (χ1) is 7.74. The second kappa shape index (κ2) is 7.35. The molecule has 0 saturated heterocycles. The number of halogens is 1. The molecule has 0 fully saturated rings. The Hall–Kier alpha value is 0. The van der Waals surface area contributed by atoms with Crippen LogP contribution < -0.4 is 5.32 Å². The zero-order valence-electron chi connectivity index (χ0n) is 10.2. The first-order valence-corrected chi connectivity index (χ1v) is 7.86. The van der Waals surface area contributed by atoms with Crippen molar-refractivity contribution < 1.29 is 0 Å². The largest absolute Gasteiger partial charge is 0.309 e. The van der Waals surface area contributed by atoms with Crippen LogP contribution in [-0.2, 0) is 6.54 Å². The highest BCUT2D eigenvalue weighted by Crippen LogP contribution is 2.26. The minimum atomic E-state index is 0.397. The molecule has 0 bridgehead atoms. The van der Waals surface area contributed by atoms with Crippen LogP contribution in [0.5, 0.6) is 0 Å². The maximum Gasteiger partial charge on any atom is 0.0695 e. The van der Waals surface area contributed by atoms with E-state index in [4.69, 9.17) is 0 Å². The van der Waals surface area contributed by atoms with Gasteiger partial charge in [-0.15, -0.1) is 0 Å². The van der Waals surface area contributed by atoms with E-state index in [1.54, 1.807) is 0 Å². The van der Waals surface area contributed by atoms with Crippen molar-refractivity contribution >= 4 is 27.7 Å². The third-order valence-electron chi connectivity index (χ3n) is 2.52. The first-order valence-electron chi connectivity index (χ1n) is 5.68. The molecule has 3 nitrogen and oxygen atoms in total. The van der Waals surface area contributed by atoms with Gasteiger partial charge in [-0.1, -0.05) is 6.92 Å². The summed E-state index contributed by atoms with van der Waals surface area (Å²) in [5.41, 5.74) is 1.28. The molecule has 1 unspecified atom stereocenters. The fourth-order valence-electron chi connectivity index (χ4n) is 1.79. The lowest BCUT2D eigenvalue weighted by atomic mass is 10.1. The van der Waals surface area contributed by atoms with Crippen LogP contribution in [-0.4, -0.2) is 28.3 Å². The Labute approximate surface area is 110 Å². The number of hydrogen-bond donors (Lipinski definition) is 1. The lowest BCUT2D eigenvalue weighted by molar-refractivity contribution is 0.482. The molecule has 1 heterocycles. The summed E-state index contributed by atoms with van der Waals surface area (Å²) >= 11 is 5.48. The van der Waals surface area contributed by atoms with Gasteiger partial charge in [0.15, 0.2) is 0 Å². The lowest BCUT2D eigenvalue weighted by Crippen LogP contribution is -2.24. The van der Waals surface area contributed by atoms with Gasteiger partial charge in [0.25, 0.3) is 0 Å². The molecular formula is C11H20BrN3S. The quantitative estimate of drug-likeness (QED) is 0.839. The molecule has 16 heavy (non-hydrogen) atoms. The first kappa shape index (κ1) is 14.1. The number of aromatic nitrogens is 2. The van der Waals surface area contributed by atoms with Gasteiger partial charge in [-0.3, -0.25) is 4.68 Å². The number of nitrogens with one attached hydrogen (secondary N) is 1. The van der Waals surface area contributed by atoms with E-state index in [-0.39, 0.29) is 0 Å². The van der Waals surface area contributed by atoms with Crippen LogP contribution in [0.15, 0.2) is 10.7 Å². The topological polar surface area (TPSA) is 29.9 Å². The van der Waals surface area contributed by atoms with Gasteiger partial charge >= 0.3 is 0 Å². The number of nitrogens with zero attached hydrogens (tertiary/aromatic N) is 2. The minimum absolute atomic E-state index is 0.397. The van der Waals surface area contributed by atoms with Gasteiger partial charge in [0, 0.05) is 6.54 Å². The number of hydrogen-bond acceptors (Lipinski definition) is 3. The monoisotopic (exact) mass is 305 g/mol. The SMILES string of the molecule is CCNC(CCSC)c1c(Br)cnn1CC. The molecular weight excluding hydrogens is 286 g/mol. The maximum absolute atomic E-state index is 4.37. The van der Waals surface area contributed by atoms with Crippen molar-refractivity contribution in [3.8, 4) is 0 Å². The van der Waals surface area contributed by atoms with Gasteiger partial charge in [0.2, 0.25) is 0 Å². The van der Waals surface area contributed by atoms with Crippen LogP contribution in [0.4, 0.5) is 0 Å². The molecule has 0 aliphatic rings. The van der Waals surface area contributed by atoms with E-state index >= 15 is 0 Å². The molecule has 0 amide bonds. The molecule has 1 atom stereocenters. The summed E-state index contributed by atoms with van der Waals surface area (Å²) in [7, 11) is 0. The summed E-state index contributed by atoms with van der Waals surface area (Å²) in [6.07, 6.45) is 5.18. The molecule has 5 heteroatoms. The summed E-state index contributed by atoms with van der Waals surface area (Å²) < 4.78 is 3.18. The van der Waals surface area contributed by atoms with Crippen LogP contribution in [0.2, 0.25) is 0 Å². The van der Waals surface area contributed by atoms with Crippen LogP contribution in [0.1, 0.15) is 32.0 Å². The third-order valence-corrected chi connectivity index (χ3v) is 3.78. The Balaban J connectivity index is 2.85. The van der Waals surface area contributed by atoms with E-state index in [1.807, 2.05) is 18.0 Å². The van der Waals surface area contributed by atoms with Crippen LogP contribution in [0.3, 0.4) is 0 Å². The molecule has 1 aromatic heterocycles. The molecule has 1 rings (SSSR count). The second-order valence-electron chi connectivity index (χ2n) is 3.59. The molecule has 1 aromatic rings. The second-order valence-corrected chi connectivity index (χ2v) is 5.43. The predicted octanol–water partition coefficient (Wildman–Crippen LogP) is 3.07. The molecule has 0 aliphatic heterocycles. The highest BCUT2D eigenvalue weighted by molar-refractivity contribution is 9.10. The van der Waals surface area contributed by atoms with Crippen molar-refractivity contribution in [2.24, 2.45) is 0 Å². The molecule has 0 radical (unpaired) electrons. The van der Waals surface area contributed by atoms with Gasteiger partial charge in [-0.2, -0.15) is 16.9 Å². The summed E-state index contributed by atoms with van der Waals surface area (Å²) in [6, 6.07) is 0.397. The molecule has 92 valence electrons. The summed E-state index contributed by atoms with van der Waals surface area (Å²) in [4.78, 5) is 0. The normalized spacial score (nSPS) is 13.0. The molecule has 0 saturated carbocycles. The van der Waals surface area contributed by atoms with Crippen molar-refractivity contribution in [3.05, 3.63) is 16.4 Å². The Morgan fingerprint density at radius 3 is 2.88 bits per heavy atom. The van der Waals surface area contributed by atoms with Gasteiger partial charge in [-0.25, -0.2) is 0 Å². The number of aryl methyl sites for hydroxylation is 1. The highest BCUT2D eigenvalue weighted by atomic mass is 79.9. The molecule has 0 aromatic carbocycles. The van der Waals surface area contributed by atoms with E-state index in [0.29, 0.717) is 6.04 Å². The van der Waals surface area contributed by atoms with Crippen LogP contribution in [0.25, 0.3) is 0 Å². The predicted molar refractivity (Wildman–Crippen MR) is 75.0 cm³/mol. The van der Waals surface area contributed by atoms with Crippen molar-refractivity contribution in [3.63, 3.8) is 0 Å². The average Bonchev–Trinajstić information content (AvgIpc) is 2.66. The van der Waals surface area contributed by atoms with E-state index in [0.717, 1.165) is 24.0 Å². The van der Waals surface area contributed by atoms with Gasteiger partial charge < -0.3 is 5.32 Å². The van der Waals surface area contributed by atoms with Gasteiger partial charge in [0.05, 0.1) is 22.4 Å². The van der Waals surface area contributed by atoms with Gasteiger partial charge in [-0.05, 0) is 47.8 Å². The lowest BCUT2D eigenvalue weighted by Gasteiger charge is -2.19. The summed E-state index contributed by atoms with van der Waals surface area (Å²) in [5.74, 6) is 1.17. The molecule has 1 N–H and O–H groups in total. The summed E-state index contributed by atoms with van der Waals surface area (Å²) in [5, 5.41) is 7.90. The highest BCUT2D eigenvalue weighted by Gasteiger charge is 2.18. The Bertz CT molecular complexity index is 314. The fraction of sp³-hybridized carbons (Fsp3) is 0.727. The Morgan fingerprint density at radius 1 is 1.56 bits per heavy atom. The van der Waals surface area contributed by atoms with Crippen molar-refractivity contribution in [1.29, 1.82) is 0 Å². The molecule has 0 aliphatic carbocycles. The van der Waals surface area contributed by atoms with E-state index in [9.17, 15) is 0 Å². The Kier molecular flexibility index (Phi) is 6.46. The van der Waals surface area contributed by atoms with E-state index < -0.39 is 0 Å². The maximum atomic E-state index is 4.37. The zero-order valence-corrected chi connectivity index (χ0v) is 12.6. The standard InChI is InChI=1S/C11H20BrN3S/c1-4-13-10(6-7-16-3)11-9(12)8-14-15(11)5-2/h8,10,13H,4-7H2,1-3H3. The number of thioether (sulfide) groups is 1. The zero-order chi connectivity index (χ0) is 12.0. The summed E-state index contributed by atoms with van der Waals surface area (Å²) in [6.45, 7) is 6.18. The smallest absolute Gasteiger partial charge is 0.0695 e. The van der Waals surface area contributed by atoms with E-state index in [1.165, 1.54) is 11.4 Å². The van der Waals surface area contributed by atoms with Crippen molar-refractivity contribution in [1.82, 2.24) is 15.1 Å². The molecule has 0 spiro atoms. The fourth-order valence-corrected chi connectivity index (χ4v) is 2.83. The van der Waals surface area contributed by atoms with Crippen LogP contribution in [0, 0.1) is 0 Å². The van der Waals surface area contributed by atoms with Crippen molar-refractivity contribution in [2.75, 3.05) is 18.6 Å². The third kappa shape index (κ3) is 3.50. The Morgan fingerprint density at radius 2 is 2.31 bits per heavy atom. The average molecular weight is 306 g/mol. The van der Waals surface area contributed by atoms with E-state index in [2.05, 4.69) is 51.1 Å². The minimum Gasteiger partial charge on any atom is -0.309 e. The van der Waals surface area contributed by atoms with Gasteiger partial charge in [0.1, 0.15) is 0 Å².